The molecule has 0 amide bonds. The van der Waals surface area contributed by atoms with E-state index in [0.717, 1.165) is 48.0 Å². The Hall–Kier alpha value is -3.05. The molecule has 0 N–H and O–H groups in total. The molecule has 1 aliphatic heterocycles. The maximum atomic E-state index is 13.7. The number of benzene rings is 4. The van der Waals surface area contributed by atoms with Gasteiger partial charge < -0.3 is 0 Å². The topological polar surface area (TPSA) is 12.9 Å². The highest BCUT2D eigenvalue weighted by molar-refractivity contribution is 7.99. The summed E-state index contributed by atoms with van der Waals surface area (Å²) in [5.74, 6) is 0. The van der Waals surface area contributed by atoms with Gasteiger partial charge in [-0.15, -0.1) is 0 Å². The van der Waals surface area contributed by atoms with E-state index in [4.69, 9.17) is 4.98 Å². The molecule has 1 aromatic heterocycles. The summed E-state index contributed by atoms with van der Waals surface area (Å²) in [6.07, 6.45) is -2.57. The number of halogens is 3. The molecule has 33 heavy (non-hydrogen) atoms. The van der Waals surface area contributed by atoms with Gasteiger partial charge in [-0.1, -0.05) is 68.1 Å². The van der Waals surface area contributed by atoms with Gasteiger partial charge in [0.15, 0.2) is 0 Å². The lowest BCUT2D eigenvalue weighted by molar-refractivity contribution is -0.210. The second kappa shape index (κ2) is 6.97. The third kappa shape index (κ3) is 3.13. The molecule has 6 rings (SSSR count). The first kappa shape index (κ1) is 20.5. The van der Waals surface area contributed by atoms with E-state index in [0.29, 0.717) is 5.56 Å². The minimum absolute atomic E-state index is 0.0751. The Kier molecular flexibility index (Phi) is 4.34. The maximum Gasteiger partial charge on any atom is 0.394 e. The highest BCUT2D eigenvalue weighted by Crippen LogP contribution is 2.51. The Balaban J connectivity index is 1.64. The van der Waals surface area contributed by atoms with Crippen LogP contribution in [0.2, 0.25) is 0 Å². The lowest BCUT2D eigenvalue weighted by Crippen LogP contribution is -2.34. The van der Waals surface area contributed by atoms with Gasteiger partial charge in [0.2, 0.25) is 0 Å². The molecule has 1 nitrogen and oxygen atoms in total. The van der Waals surface area contributed by atoms with E-state index in [9.17, 15) is 13.2 Å². The predicted molar refractivity (Wildman–Crippen MR) is 130 cm³/mol. The van der Waals surface area contributed by atoms with Gasteiger partial charge in [-0.3, -0.25) is 4.98 Å². The summed E-state index contributed by atoms with van der Waals surface area (Å²) in [7, 11) is 0. The van der Waals surface area contributed by atoms with Crippen molar-refractivity contribution in [1.29, 1.82) is 0 Å². The molecule has 4 aromatic carbocycles. The normalized spacial score (nSPS) is 13.6. The number of hydrogen-bond acceptors (Lipinski definition) is 2. The van der Waals surface area contributed by atoms with E-state index in [1.807, 2.05) is 36.4 Å². The molecule has 0 fully saturated rings. The molecule has 2 heterocycles. The van der Waals surface area contributed by atoms with Crippen molar-refractivity contribution in [3.8, 4) is 11.3 Å². The van der Waals surface area contributed by atoms with Crippen molar-refractivity contribution in [3.63, 3.8) is 0 Å². The number of fused-ring (bicyclic) bond motifs is 5. The third-order valence-corrected chi connectivity index (χ3v) is 7.76. The van der Waals surface area contributed by atoms with Crippen LogP contribution in [0, 0.1) is 5.41 Å². The van der Waals surface area contributed by atoms with E-state index in [-0.39, 0.29) is 6.42 Å². The summed E-state index contributed by atoms with van der Waals surface area (Å²) < 4.78 is 41.1. The van der Waals surface area contributed by atoms with Gasteiger partial charge in [0.05, 0.1) is 11.1 Å². The Morgan fingerprint density at radius 2 is 1.48 bits per heavy atom. The van der Waals surface area contributed by atoms with Crippen LogP contribution in [0.1, 0.15) is 19.4 Å². The van der Waals surface area contributed by atoms with Crippen molar-refractivity contribution in [2.24, 2.45) is 5.41 Å². The zero-order valence-corrected chi connectivity index (χ0v) is 18.9. The zero-order valence-electron chi connectivity index (χ0n) is 18.1. The fraction of sp³-hybridized carbons (Fsp3) is 0.179. The monoisotopic (exact) mass is 459 g/mol. The van der Waals surface area contributed by atoms with Gasteiger partial charge in [-0.25, -0.2) is 0 Å². The first-order valence-electron chi connectivity index (χ1n) is 10.8. The number of pyridine rings is 1. The van der Waals surface area contributed by atoms with E-state index >= 15 is 0 Å². The summed E-state index contributed by atoms with van der Waals surface area (Å²) in [4.78, 5) is 6.98. The molecule has 0 bridgehead atoms. The second-order valence-electron chi connectivity index (χ2n) is 9.33. The number of aromatic nitrogens is 1. The molecule has 0 radical (unpaired) electrons. The predicted octanol–water partition coefficient (Wildman–Crippen LogP) is 8.80. The molecule has 0 saturated heterocycles. The van der Waals surface area contributed by atoms with Crippen LogP contribution in [0.3, 0.4) is 0 Å². The molecule has 0 atom stereocenters. The van der Waals surface area contributed by atoms with Crippen LogP contribution in [0.4, 0.5) is 13.2 Å². The van der Waals surface area contributed by atoms with Crippen LogP contribution in [-0.2, 0) is 6.42 Å². The van der Waals surface area contributed by atoms with E-state index in [1.165, 1.54) is 19.2 Å². The molecule has 0 spiro atoms. The van der Waals surface area contributed by atoms with Crippen molar-refractivity contribution >= 4 is 44.1 Å². The van der Waals surface area contributed by atoms with Gasteiger partial charge in [0.1, 0.15) is 0 Å². The molecule has 5 heteroatoms. The van der Waals surface area contributed by atoms with Crippen molar-refractivity contribution in [2.45, 2.75) is 36.2 Å². The fourth-order valence-corrected chi connectivity index (χ4v) is 6.00. The van der Waals surface area contributed by atoms with Gasteiger partial charge >= 0.3 is 6.18 Å². The average Bonchev–Trinajstić information content (AvgIpc) is 2.77. The van der Waals surface area contributed by atoms with Gasteiger partial charge in [0, 0.05) is 26.9 Å². The maximum absolute atomic E-state index is 13.7. The second-order valence-corrected chi connectivity index (χ2v) is 10.4. The van der Waals surface area contributed by atoms with Crippen LogP contribution in [0.15, 0.2) is 82.7 Å². The number of alkyl halides is 3. The fourth-order valence-electron chi connectivity index (χ4n) is 4.82. The molecule has 5 aromatic rings. The Morgan fingerprint density at radius 1 is 0.788 bits per heavy atom. The smallest absolute Gasteiger partial charge is 0.256 e. The van der Waals surface area contributed by atoms with Crippen LogP contribution in [0.25, 0.3) is 43.6 Å². The largest absolute Gasteiger partial charge is 0.394 e. The van der Waals surface area contributed by atoms with Gasteiger partial charge in [0.25, 0.3) is 0 Å². The first-order valence-corrected chi connectivity index (χ1v) is 11.7. The average molecular weight is 460 g/mol. The number of rotatable bonds is 2. The summed E-state index contributed by atoms with van der Waals surface area (Å²) >= 11 is 1.71. The minimum atomic E-state index is -4.28. The molecule has 1 aliphatic rings. The standard InChI is InChI=1S/C28H20F3NS/c1-27(2,28(29,30)31)15-19-9-5-8-18-14-23-25-20(24(18)19)10-11-32-26(25)21-12-16-6-3-4-7-17(16)13-22(21)33-23/h3-14H,15H2,1-2H3. The van der Waals surface area contributed by atoms with E-state index in [2.05, 4.69) is 30.3 Å². The van der Waals surface area contributed by atoms with Crippen LogP contribution in [-0.4, -0.2) is 11.2 Å². The Labute approximate surface area is 193 Å². The van der Waals surface area contributed by atoms with Crippen LogP contribution >= 0.6 is 11.8 Å². The van der Waals surface area contributed by atoms with Crippen molar-refractivity contribution in [2.75, 3.05) is 0 Å². The number of hydrogen-bond donors (Lipinski definition) is 0. The molecule has 0 saturated carbocycles. The third-order valence-electron chi connectivity index (χ3n) is 6.66. The summed E-state index contributed by atoms with van der Waals surface area (Å²) in [5.41, 5.74) is 0.866. The summed E-state index contributed by atoms with van der Waals surface area (Å²) in [5, 5.41) is 6.16. The highest BCUT2D eigenvalue weighted by atomic mass is 32.2. The Bertz CT molecular complexity index is 1580. The van der Waals surface area contributed by atoms with Crippen molar-refractivity contribution in [1.82, 2.24) is 4.98 Å². The Morgan fingerprint density at radius 3 is 2.24 bits per heavy atom. The SMILES string of the molecule is CC(C)(Cc1cccc2cc3c4c(nccc4c12)-c1cc2ccccc2cc1S3)C(F)(F)F. The minimum Gasteiger partial charge on any atom is -0.256 e. The summed E-state index contributed by atoms with van der Waals surface area (Å²) in [6.45, 7) is 2.55. The molecule has 0 unspecified atom stereocenters. The zero-order chi connectivity index (χ0) is 23.0. The summed E-state index contributed by atoms with van der Waals surface area (Å²) in [6, 6.07) is 22.4. The van der Waals surface area contributed by atoms with Gasteiger partial charge in [-0.05, 0) is 63.2 Å². The molecule has 0 aliphatic carbocycles. The first-order chi connectivity index (χ1) is 15.7. The number of nitrogens with zero attached hydrogens (tertiary/aromatic N) is 1. The highest BCUT2D eigenvalue weighted by Gasteiger charge is 2.47. The molecule has 164 valence electrons. The van der Waals surface area contributed by atoms with E-state index in [1.54, 1.807) is 18.0 Å². The van der Waals surface area contributed by atoms with Crippen LogP contribution in [0.5, 0.6) is 0 Å². The lowest BCUT2D eigenvalue weighted by Gasteiger charge is -2.29. The van der Waals surface area contributed by atoms with E-state index < -0.39 is 11.6 Å². The van der Waals surface area contributed by atoms with Gasteiger partial charge in [-0.2, -0.15) is 13.2 Å². The van der Waals surface area contributed by atoms with Crippen molar-refractivity contribution < 1.29 is 13.2 Å². The molecular weight excluding hydrogens is 439 g/mol. The van der Waals surface area contributed by atoms with Crippen LogP contribution < -0.4 is 0 Å². The molecular formula is C28H20F3NS. The lowest BCUT2D eigenvalue weighted by atomic mass is 9.82. The van der Waals surface area contributed by atoms with Crippen molar-refractivity contribution in [3.05, 3.63) is 78.5 Å². The quantitative estimate of drug-likeness (QED) is 0.240.